The van der Waals surface area contributed by atoms with Gasteiger partial charge in [0.2, 0.25) is 5.76 Å². The zero-order valence-corrected chi connectivity index (χ0v) is 9.65. The lowest BCUT2D eigenvalue weighted by Gasteiger charge is -2.11. The number of carboxylic acids is 1. The van der Waals surface area contributed by atoms with E-state index in [0.29, 0.717) is 6.92 Å². The molecule has 0 unspecified atom stereocenters. The van der Waals surface area contributed by atoms with E-state index in [1.807, 2.05) is 0 Å². The Morgan fingerprint density at radius 2 is 2.05 bits per heavy atom. The van der Waals surface area contributed by atoms with E-state index in [2.05, 4.69) is 9.68 Å². The van der Waals surface area contributed by atoms with Gasteiger partial charge < -0.3 is 9.63 Å². The van der Waals surface area contributed by atoms with Crippen LogP contribution in [0.2, 0.25) is 0 Å². The Morgan fingerprint density at radius 1 is 1.37 bits per heavy atom. The Labute approximate surface area is 105 Å². The first-order valence-electron chi connectivity index (χ1n) is 5.17. The molecule has 1 heterocycles. The Bertz CT molecular complexity index is 631. The summed E-state index contributed by atoms with van der Waals surface area (Å²) < 4.78 is 44.3. The van der Waals surface area contributed by atoms with Gasteiger partial charge in [-0.25, -0.2) is 18.0 Å². The minimum atomic E-state index is -3.14. The molecule has 2 rings (SSSR count). The van der Waals surface area contributed by atoms with Crippen LogP contribution in [0.5, 0.6) is 0 Å². The molecule has 0 aliphatic rings. The largest absolute Gasteiger partial charge is 0.475 e. The van der Waals surface area contributed by atoms with Crippen molar-refractivity contribution in [2.75, 3.05) is 0 Å². The topological polar surface area (TPSA) is 63.3 Å². The van der Waals surface area contributed by atoms with Crippen molar-refractivity contribution in [2.24, 2.45) is 0 Å². The summed E-state index contributed by atoms with van der Waals surface area (Å²) in [7, 11) is 0. The number of carboxylic acid groups (broad SMARTS) is 1. The van der Waals surface area contributed by atoms with E-state index in [4.69, 9.17) is 5.11 Å². The van der Waals surface area contributed by atoms with E-state index in [0.717, 1.165) is 24.3 Å². The SMILES string of the molecule is CC(F)(F)c1ccc(F)c(-c2cc(C(=O)O)on2)c1. The summed E-state index contributed by atoms with van der Waals surface area (Å²) in [5.41, 5.74) is -0.792. The number of hydrogen-bond acceptors (Lipinski definition) is 3. The zero-order valence-electron chi connectivity index (χ0n) is 9.65. The number of aromatic carboxylic acids is 1. The van der Waals surface area contributed by atoms with E-state index in [-0.39, 0.29) is 11.3 Å². The molecule has 1 N–H and O–H groups in total. The van der Waals surface area contributed by atoms with Crippen molar-refractivity contribution in [2.45, 2.75) is 12.8 Å². The second-order valence-corrected chi connectivity index (χ2v) is 3.96. The molecule has 0 radical (unpaired) electrons. The maximum atomic E-state index is 13.6. The van der Waals surface area contributed by atoms with Crippen LogP contribution in [0.3, 0.4) is 0 Å². The van der Waals surface area contributed by atoms with Gasteiger partial charge in [-0.3, -0.25) is 0 Å². The molecular weight excluding hydrogens is 263 g/mol. The number of carbonyl (C=O) groups is 1. The summed E-state index contributed by atoms with van der Waals surface area (Å²) in [6.45, 7) is 0.676. The molecule has 2 aromatic rings. The number of hydrogen-bond donors (Lipinski definition) is 1. The van der Waals surface area contributed by atoms with Gasteiger partial charge in [-0.2, -0.15) is 0 Å². The Kier molecular flexibility index (Phi) is 3.05. The molecule has 4 nitrogen and oxygen atoms in total. The van der Waals surface area contributed by atoms with Gasteiger partial charge in [0.15, 0.2) is 0 Å². The standard InChI is InChI=1S/C12H8F3NO3/c1-12(14,15)6-2-3-8(13)7(4-6)9-5-10(11(17)18)19-16-9/h2-5H,1H3,(H,17,18). The van der Waals surface area contributed by atoms with Gasteiger partial charge in [-0.15, -0.1) is 0 Å². The molecule has 1 aromatic heterocycles. The monoisotopic (exact) mass is 271 g/mol. The fourth-order valence-corrected chi connectivity index (χ4v) is 1.50. The van der Waals surface area contributed by atoms with E-state index >= 15 is 0 Å². The van der Waals surface area contributed by atoms with Crippen molar-refractivity contribution in [3.63, 3.8) is 0 Å². The van der Waals surface area contributed by atoms with Gasteiger partial charge in [0.25, 0.3) is 5.92 Å². The summed E-state index contributed by atoms with van der Waals surface area (Å²) in [5.74, 6) is -5.81. The molecule has 0 fully saturated rings. The van der Waals surface area contributed by atoms with Crippen LogP contribution < -0.4 is 0 Å². The molecule has 7 heteroatoms. The van der Waals surface area contributed by atoms with Crippen LogP contribution in [-0.4, -0.2) is 16.2 Å². The fraction of sp³-hybridized carbons (Fsp3) is 0.167. The molecule has 0 atom stereocenters. The predicted octanol–water partition coefficient (Wildman–Crippen LogP) is 3.29. The van der Waals surface area contributed by atoms with Crippen LogP contribution in [0.4, 0.5) is 13.2 Å². The minimum Gasteiger partial charge on any atom is -0.475 e. The molecule has 0 bridgehead atoms. The molecule has 0 saturated carbocycles. The van der Waals surface area contributed by atoms with E-state index in [1.165, 1.54) is 0 Å². The third-order valence-corrected chi connectivity index (χ3v) is 2.47. The molecule has 100 valence electrons. The molecule has 1 aromatic carbocycles. The van der Waals surface area contributed by atoms with Crippen LogP contribution in [0.25, 0.3) is 11.3 Å². The lowest BCUT2D eigenvalue weighted by Crippen LogP contribution is -2.07. The first-order valence-corrected chi connectivity index (χ1v) is 5.17. The van der Waals surface area contributed by atoms with Crippen LogP contribution in [-0.2, 0) is 5.92 Å². The maximum Gasteiger partial charge on any atom is 0.374 e. The summed E-state index contributed by atoms with van der Waals surface area (Å²) in [5, 5.41) is 12.0. The van der Waals surface area contributed by atoms with Gasteiger partial charge in [0, 0.05) is 24.1 Å². The fourth-order valence-electron chi connectivity index (χ4n) is 1.50. The summed E-state index contributed by atoms with van der Waals surface area (Å²) in [6, 6.07) is 3.71. The van der Waals surface area contributed by atoms with Crippen molar-refractivity contribution in [1.29, 1.82) is 0 Å². The van der Waals surface area contributed by atoms with Crippen molar-refractivity contribution < 1.29 is 27.6 Å². The highest BCUT2D eigenvalue weighted by molar-refractivity contribution is 5.85. The van der Waals surface area contributed by atoms with E-state index in [9.17, 15) is 18.0 Å². The lowest BCUT2D eigenvalue weighted by molar-refractivity contribution is 0.0174. The quantitative estimate of drug-likeness (QED) is 0.930. The van der Waals surface area contributed by atoms with E-state index in [1.54, 1.807) is 0 Å². The average molecular weight is 271 g/mol. The van der Waals surface area contributed by atoms with E-state index < -0.39 is 29.0 Å². The second kappa shape index (κ2) is 4.42. The zero-order chi connectivity index (χ0) is 14.2. The van der Waals surface area contributed by atoms with Crippen molar-refractivity contribution in [1.82, 2.24) is 5.16 Å². The number of aromatic nitrogens is 1. The molecule has 19 heavy (non-hydrogen) atoms. The number of benzene rings is 1. The third-order valence-electron chi connectivity index (χ3n) is 2.47. The van der Waals surface area contributed by atoms with Gasteiger partial charge in [-0.1, -0.05) is 11.2 Å². The van der Waals surface area contributed by atoms with Crippen LogP contribution in [0.15, 0.2) is 28.8 Å². The lowest BCUT2D eigenvalue weighted by atomic mass is 10.0. The molecule has 0 amide bonds. The molecule has 0 saturated heterocycles. The van der Waals surface area contributed by atoms with Crippen molar-refractivity contribution in [3.05, 3.63) is 41.4 Å². The van der Waals surface area contributed by atoms with Gasteiger partial charge >= 0.3 is 5.97 Å². The van der Waals surface area contributed by atoms with Crippen molar-refractivity contribution >= 4 is 5.97 Å². The number of nitrogens with zero attached hydrogens (tertiary/aromatic N) is 1. The molecule has 0 aliphatic heterocycles. The molecule has 0 spiro atoms. The summed E-state index contributed by atoms with van der Waals surface area (Å²) in [6.07, 6.45) is 0. The maximum absolute atomic E-state index is 13.6. The number of rotatable bonds is 3. The first kappa shape index (κ1) is 13.1. The Hall–Kier alpha value is -2.31. The predicted molar refractivity (Wildman–Crippen MR) is 58.4 cm³/mol. The summed E-state index contributed by atoms with van der Waals surface area (Å²) >= 11 is 0. The van der Waals surface area contributed by atoms with Crippen molar-refractivity contribution in [3.8, 4) is 11.3 Å². The van der Waals surface area contributed by atoms with Gasteiger partial charge in [0.05, 0.1) is 0 Å². The normalized spacial score (nSPS) is 11.6. The highest BCUT2D eigenvalue weighted by atomic mass is 19.3. The molecular formula is C12H8F3NO3. The smallest absolute Gasteiger partial charge is 0.374 e. The van der Waals surface area contributed by atoms with Gasteiger partial charge in [-0.05, 0) is 12.1 Å². The molecule has 0 aliphatic carbocycles. The second-order valence-electron chi connectivity index (χ2n) is 3.96. The third kappa shape index (κ3) is 2.59. The van der Waals surface area contributed by atoms with Crippen LogP contribution in [0.1, 0.15) is 23.0 Å². The highest BCUT2D eigenvalue weighted by Gasteiger charge is 2.26. The average Bonchev–Trinajstić information content (AvgIpc) is 2.77. The summed E-state index contributed by atoms with van der Waals surface area (Å²) in [4.78, 5) is 10.6. The highest BCUT2D eigenvalue weighted by Crippen LogP contribution is 2.31. The van der Waals surface area contributed by atoms with Crippen LogP contribution >= 0.6 is 0 Å². The Balaban J connectivity index is 2.51. The van der Waals surface area contributed by atoms with Gasteiger partial charge in [0.1, 0.15) is 11.5 Å². The minimum absolute atomic E-state index is 0.152. The van der Waals surface area contributed by atoms with Crippen LogP contribution in [0, 0.1) is 5.82 Å². The number of halogens is 3. The first-order chi connectivity index (χ1) is 8.79. The Morgan fingerprint density at radius 3 is 2.58 bits per heavy atom. The number of alkyl halides is 2.